The Balaban J connectivity index is 2.07. The summed E-state index contributed by atoms with van der Waals surface area (Å²) in [6.45, 7) is 2.31. The average molecular weight is 269 g/mol. The fourth-order valence-electron chi connectivity index (χ4n) is 2.82. The summed E-state index contributed by atoms with van der Waals surface area (Å²) >= 11 is 3.62. The highest BCUT2D eigenvalue weighted by molar-refractivity contribution is 9.09. The van der Waals surface area contributed by atoms with E-state index in [0.29, 0.717) is 11.2 Å². The molecule has 0 saturated heterocycles. The van der Waals surface area contributed by atoms with Crippen LogP contribution in [-0.2, 0) is 6.42 Å². The molecule has 0 atom stereocenters. The second-order valence-corrected chi connectivity index (χ2v) is 5.55. The molecule has 82 valence electrons. The highest BCUT2D eigenvalue weighted by Crippen LogP contribution is 2.48. The summed E-state index contributed by atoms with van der Waals surface area (Å²) in [5.41, 5.74) is 1.69. The highest BCUT2D eigenvalue weighted by Gasteiger charge is 2.40. The zero-order valence-corrected chi connectivity index (χ0v) is 10.6. The molecule has 0 aliphatic heterocycles. The number of aromatic hydroxyl groups is 1. The Hall–Kier alpha value is -0.500. The van der Waals surface area contributed by atoms with Gasteiger partial charge in [-0.25, -0.2) is 0 Å². The van der Waals surface area contributed by atoms with Gasteiger partial charge < -0.3 is 5.11 Å². The van der Waals surface area contributed by atoms with Gasteiger partial charge in [0.15, 0.2) is 0 Å². The first-order valence-electron chi connectivity index (χ1n) is 5.47. The van der Waals surface area contributed by atoms with Gasteiger partial charge in [-0.3, -0.25) is 0 Å². The van der Waals surface area contributed by atoms with Gasteiger partial charge in [-0.2, -0.15) is 0 Å². The minimum absolute atomic E-state index is 0.379. The minimum Gasteiger partial charge on any atom is -0.508 e. The number of alkyl halides is 1. The van der Waals surface area contributed by atoms with Crippen LogP contribution in [-0.4, -0.2) is 10.4 Å². The van der Waals surface area contributed by atoms with Gasteiger partial charge >= 0.3 is 0 Å². The van der Waals surface area contributed by atoms with E-state index in [1.165, 1.54) is 18.4 Å². The van der Waals surface area contributed by atoms with Crippen LogP contribution in [0.25, 0.3) is 0 Å². The molecule has 0 unspecified atom stereocenters. The summed E-state index contributed by atoms with van der Waals surface area (Å²) < 4.78 is 0. The molecule has 0 amide bonds. The van der Waals surface area contributed by atoms with Gasteiger partial charge in [0.05, 0.1) is 0 Å². The van der Waals surface area contributed by atoms with Crippen LogP contribution in [0.4, 0.5) is 0 Å². The minimum atomic E-state index is 0.379. The average Bonchev–Trinajstić information content (AvgIpc) is 2.15. The predicted molar refractivity (Wildman–Crippen MR) is 66.4 cm³/mol. The Labute approximate surface area is 99.6 Å². The maximum atomic E-state index is 9.41. The summed E-state index contributed by atoms with van der Waals surface area (Å²) in [4.78, 5) is 0. The number of phenols is 1. The lowest BCUT2D eigenvalue weighted by atomic mass is 9.61. The molecule has 1 N–H and O–H groups in total. The Morgan fingerprint density at radius 1 is 1.47 bits per heavy atom. The first-order chi connectivity index (χ1) is 7.13. The lowest BCUT2D eigenvalue weighted by molar-refractivity contribution is 0.0955. The van der Waals surface area contributed by atoms with Crippen molar-refractivity contribution in [3.8, 4) is 5.75 Å². The maximum absolute atomic E-state index is 9.41. The molecule has 15 heavy (non-hydrogen) atoms. The summed E-state index contributed by atoms with van der Waals surface area (Å²) in [5, 5.41) is 10.5. The van der Waals surface area contributed by atoms with Crippen molar-refractivity contribution in [3.63, 3.8) is 0 Å². The van der Waals surface area contributed by atoms with Crippen LogP contribution in [0.15, 0.2) is 24.3 Å². The second-order valence-electron chi connectivity index (χ2n) is 4.99. The molecule has 1 aromatic rings. The zero-order valence-electron chi connectivity index (χ0n) is 9.04. The molecular formula is C13H17BrO. The third kappa shape index (κ3) is 2.36. The lowest BCUT2D eigenvalue weighted by Gasteiger charge is -2.46. The predicted octanol–water partition coefficient (Wildman–Crippen LogP) is 3.75. The van der Waals surface area contributed by atoms with Crippen LogP contribution in [0, 0.1) is 11.3 Å². The van der Waals surface area contributed by atoms with Crippen LogP contribution >= 0.6 is 15.9 Å². The third-order valence-electron chi connectivity index (χ3n) is 3.34. The summed E-state index contributed by atoms with van der Waals surface area (Å²) in [5.74, 6) is 1.24. The topological polar surface area (TPSA) is 20.2 Å². The fourth-order valence-corrected chi connectivity index (χ4v) is 3.47. The molecular weight excluding hydrogens is 252 g/mol. The molecule has 2 rings (SSSR count). The van der Waals surface area contributed by atoms with Crippen molar-refractivity contribution < 1.29 is 5.11 Å². The van der Waals surface area contributed by atoms with E-state index >= 15 is 0 Å². The molecule has 1 fully saturated rings. The van der Waals surface area contributed by atoms with Crippen LogP contribution in [0.1, 0.15) is 25.3 Å². The molecule has 1 aliphatic rings. The first-order valence-corrected chi connectivity index (χ1v) is 6.60. The monoisotopic (exact) mass is 268 g/mol. The van der Waals surface area contributed by atoms with Crippen molar-refractivity contribution in [2.75, 3.05) is 5.33 Å². The highest BCUT2D eigenvalue weighted by atomic mass is 79.9. The van der Waals surface area contributed by atoms with Crippen molar-refractivity contribution in [3.05, 3.63) is 29.8 Å². The Bertz CT molecular complexity index is 342. The number of hydrogen-bond acceptors (Lipinski definition) is 1. The van der Waals surface area contributed by atoms with Gasteiger partial charge in [0.1, 0.15) is 5.75 Å². The van der Waals surface area contributed by atoms with E-state index < -0.39 is 0 Å². The van der Waals surface area contributed by atoms with Gasteiger partial charge in [-0.1, -0.05) is 35.0 Å². The van der Waals surface area contributed by atoms with Crippen molar-refractivity contribution >= 4 is 15.9 Å². The molecule has 1 saturated carbocycles. The van der Waals surface area contributed by atoms with Gasteiger partial charge in [0.2, 0.25) is 0 Å². The van der Waals surface area contributed by atoms with E-state index in [-0.39, 0.29) is 0 Å². The first kappa shape index (κ1) is 11.0. The number of benzene rings is 1. The van der Waals surface area contributed by atoms with Crippen LogP contribution in [0.5, 0.6) is 5.75 Å². The maximum Gasteiger partial charge on any atom is 0.115 e. The van der Waals surface area contributed by atoms with Gasteiger partial charge in [0.25, 0.3) is 0 Å². The summed E-state index contributed by atoms with van der Waals surface area (Å²) in [7, 11) is 0. The number of halogens is 1. The van der Waals surface area contributed by atoms with Crippen LogP contribution in [0.2, 0.25) is 0 Å². The van der Waals surface area contributed by atoms with Crippen LogP contribution < -0.4 is 0 Å². The fraction of sp³-hybridized carbons (Fsp3) is 0.538. The van der Waals surface area contributed by atoms with E-state index in [4.69, 9.17) is 0 Å². The smallest absolute Gasteiger partial charge is 0.115 e. The standard InChI is InChI=1S/C13H17BrO/c1-10-6-13(7-10,9-14)8-11-3-2-4-12(15)5-11/h2-5,10,15H,6-9H2,1H3. The Kier molecular flexibility index (Phi) is 3.06. The lowest BCUT2D eigenvalue weighted by Crippen LogP contribution is -2.39. The van der Waals surface area contributed by atoms with E-state index in [0.717, 1.165) is 17.7 Å². The largest absolute Gasteiger partial charge is 0.508 e. The van der Waals surface area contributed by atoms with Crippen molar-refractivity contribution in [2.45, 2.75) is 26.2 Å². The summed E-state index contributed by atoms with van der Waals surface area (Å²) in [6, 6.07) is 7.64. The van der Waals surface area contributed by atoms with Gasteiger partial charge in [-0.05, 0) is 48.3 Å². The molecule has 1 nitrogen and oxygen atoms in total. The third-order valence-corrected chi connectivity index (χ3v) is 4.53. The second kappa shape index (κ2) is 4.17. The van der Waals surface area contributed by atoms with Crippen molar-refractivity contribution in [1.82, 2.24) is 0 Å². The number of rotatable bonds is 3. The van der Waals surface area contributed by atoms with E-state index in [1.54, 1.807) is 6.07 Å². The molecule has 0 spiro atoms. The molecule has 0 bridgehead atoms. The van der Waals surface area contributed by atoms with Gasteiger partial charge in [0, 0.05) is 5.33 Å². The Morgan fingerprint density at radius 3 is 2.73 bits per heavy atom. The summed E-state index contributed by atoms with van der Waals surface area (Å²) in [6.07, 6.45) is 3.68. The number of hydrogen-bond donors (Lipinski definition) is 1. The molecule has 0 heterocycles. The van der Waals surface area contributed by atoms with Crippen molar-refractivity contribution in [1.29, 1.82) is 0 Å². The number of phenolic OH excluding ortho intramolecular Hbond substituents is 1. The van der Waals surface area contributed by atoms with Gasteiger partial charge in [-0.15, -0.1) is 0 Å². The van der Waals surface area contributed by atoms with E-state index in [1.807, 2.05) is 12.1 Å². The molecule has 1 aromatic carbocycles. The molecule has 1 aliphatic carbocycles. The quantitative estimate of drug-likeness (QED) is 0.829. The zero-order chi connectivity index (χ0) is 10.9. The normalized spacial score (nSPS) is 29.9. The molecule has 0 aromatic heterocycles. The Morgan fingerprint density at radius 2 is 2.20 bits per heavy atom. The van der Waals surface area contributed by atoms with Crippen LogP contribution in [0.3, 0.4) is 0 Å². The van der Waals surface area contributed by atoms with E-state index in [2.05, 4.69) is 28.9 Å². The molecule has 2 heteroatoms. The molecule has 0 radical (unpaired) electrons. The van der Waals surface area contributed by atoms with E-state index in [9.17, 15) is 5.11 Å². The SMILES string of the molecule is CC1CC(CBr)(Cc2cccc(O)c2)C1. The van der Waals surface area contributed by atoms with Crippen molar-refractivity contribution in [2.24, 2.45) is 11.3 Å².